The lowest BCUT2D eigenvalue weighted by Gasteiger charge is -2.29. The topological polar surface area (TPSA) is 16.4 Å². The SMILES string of the molecule is CC1(C)c2ccccc2-c2c(-c3ccc(N(c4cccc(-c5cccc6c5oc5ccccc56)c4)c4cccc5c4-c4ccccc4C5(C)C)cc3)cccc21. The van der Waals surface area contributed by atoms with Crippen molar-refractivity contribution < 1.29 is 4.42 Å². The normalized spacial score (nSPS) is 14.4. The zero-order chi connectivity index (χ0) is 37.8. The predicted molar refractivity (Wildman–Crippen MR) is 234 cm³/mol. The van der Waals surface area contributed by atoms with Crippen LogP contribution in [-0.2, 0) is 10.8 Å². The van der Waals surface area contributed by atoms with E-state index in [0.29, 0.717) is 0 Å². The van der Waals surface area contributed by atoms with E-state index in [1.165, 1.54) is 61.3 Å². The highest BCUT2D eigenvalue weighted by Crippen LogP contribution is 2.55. The van der Waals surface area contributed by atoms with Crippen molar-refractivity contribution in [1.82, 2.24) is 0 Å². The Labute approximate surface area is 328 Å². The smallest absolute Gasteiger partial charge is 0.143 e. The fourth-order valence-corrected chi connectivity index (χ4v) is 9.92. The molecule has 56 heavy (non-hydrogen) atoms. The summed E-state index contributed by atoms with van der Waals surface area (Å²) >= 11 is 0. The van der Waals surface area contributed by atoms with Gasteiger partial charge in [0.25, 0.3) is 0 Å². The molecule has 0 atom stereocenters. The molecule has 0 N–H and O–H groups in total. The monoisotopic (exact) mass is 719 g/mol. The van der Waals surface area contributed by atoms with Crippen LogP contribution in [0.1, 0.15) is 49.9 Å². The Hall–Kier alpha value is -6.64. The van der Waals surface area contributed by atoms with Crippen LogP contribution in [0.5, 0.6) is 0 Å². The zero-order valence-electron chi connectivity index (χ0n) is 32.1. The molecule has 0 saturated heterocycles. The summed E-state index contributed by atoms with van der Waals surface area (Å²) in [6.07, 6.45) is 0. The van der Waals surface area contributed by atoms with Crippen molar-refractivity contribution in [1.29, 1.82) is 0 Å². The molecule has 0 amide bonds. The van der Waals surface area contributed by atoms with Crippen molar-refractivity contribution in [2.24, 2.45) is 0 Å². The highest BCUT2D eigenvalue weighted by molar-refractivity contribution is 6.09. The molecular formula is C54H41NO. The molecule has 268 valence electrons. The fraction of sp³-hybridized carbons (Fsp3) is 0.111. The third-order valence-electron chi connectivity index (χ3n) is 12.7. The van der Waals surface area contributed by atoms with E-state index in [2.05, 4.69) is 202 Å². The molecule has 8 aromatic carbocycles. The molecular weight excluding hydrogens is 679 g/mol. The molecule has 9 aromatic rings. The average molecular weight is 720 g/mol. The molecule has 0 aliphatic heterocycles. The van der Waals surface area contributed by atoms with Gasteiger partial charge in [0.05, 0.1) is 5.69 Å². The molecule has 0 radical (unpaired) electrons. The van der Waals surface area contributed by atoms with Gasteiger partial charge in [-0.05, 0) is 92.0 Å². The van der Waals surface area contributed by atoms with E-state index >= 15 is 0 Å². The molecule has 0 spiro atoms. The zero-order valence-corrected chi connectivity index (χ0v) is 32.1. The van der Waals surface area contributed by atoms with Crippen molar-refractivity contribution in [3.05, 3.63) is 198 Å². The third-order valence-corrected chi connectivity index (χ3v) is 12.7. The van der Waals surface area contributed by atoms with Gasteiger partial charge >= 0.3 is 0 Å². The molecule has 0 saturated carbocycles. The average Bonchev–Trinajstić information content (AvgIpc) is 3.82. The van der Waals surface area contributed by atoms with E-state index in [4.69, 9.17) is 4.42 Å². The summed E-state index contributed by atoms with van der Waals surface area (Å²) in [6.45, 7) is 9.41. The lowest BCUT2D eigenvalue weighted by molar-refractivity contribution is 0.660. The van der Waals surface area contributed by atoms with Crippen LogP contribution in [0.25, 0.3) is 66.4 Å². The van der Waals surface area contributed by atoms with Gasteiger partial charge in [0.2, 0.25) is 0 Å². The number of rotatable bonds is 5. The summed E-state index contributed by atoms with van der Waals surface area (Å²) in [5.74, 6) is 0. The fourth-order valence-electron chi connectivity index (χ4n) is 9.92. The molecule has 2 aliphatic rings. The maximum absolute atomic E-state index is 6.54. The van der Waals surface area contributed by atoms with Gasteiger partial charge in [0, 0.05) is 44.1 Å². The summed E-state index contributed by atoms with van der Waals surface area (Å²) < 4.78 is 6.54. The van der Waals surface area contributed by atoms with E-state index < -0.39 is 0 Å². The standard InChI is InChI=1S/C54H41NO/c1-53(2)44-23-8-5-18-42(44)50-38(20-13-25-46(50)53)34-29-31-36(32-30-34)55(48-27-14-26-47-51(48)43-19-6-9-24-45(43)54(47,3)4)37-16-11-15-35(33-37)39-21-12-22-41-40-17-7-10-28-49(40)56-52(39)41/h5-33H,1-4H3. The van der Waals surface area contributed by atoms with Gasteiger partial charge in [0.1, 0.15) is 11.2 Å². The van der Waals surface area contributed by atoms with Crippen molar-refractivity contribution >= 4 is 39.0 Å². The summed E-state index contributed by atoms with van der Waals surface area (Å²) in [5.41, 5.74) is 20.5. The van der Waals surface area contributed by atoms with Gasteiger partial charge in [-0.25, -0.2) is 0 Å². The Balaban J connectivity index is 1.10. The van der Waals surface area contributed by atoms with Crippen LogP contribution in [0.4, 0.5) is 17.1 Å². The number of nitrogens with zero attached hydrogens (tertiary/aromatic N) is 1. The Kier molecular flexibility index (Phi) is 6.98. The van der Waals surface area contributed by atoms with Crippen LogP contribution < -0.4 is 4.90 Å². The van der Waals surface area contributed by atoms with Crippen molar-refractivity contribution in [3.8, 4) is 44.5 Å². The molecule has 1 aromatic heterocycles. The molecule has 2 nitrogen and oxygen atoms in total. The Morgan fingerprint density at radius 2 is 0.946 bits per heavy atom. The molecule has 2 aliphatic carbocycles. The first-order valence-electron chi connectivity index (χ1n) is 19.7. The Morgan fingerprint density at radius 1 is 0.393 bits per heavy atom. The van der Waals surface area contributed by atoms with Gasteiger partial charge in [-0.15, -0.1) is 0 Å². The largest absolute Gasteiger partial charge is 0.455 e. The van der Waals surface area contributed by atoms with E-state index in [-0.39, 0.29) is 10.8 Å². The van der Waals surface area contributed by atoms with Crippen LogP contribution in [0.15, 0.2) is 180 Å². The second-order valence-corrected chi connectivity index (χ2v) is 16.5. The lowest BCUT2D eigenvalue weighted by atomic mass is 9.82. The highest BCUT2D eigenvalue weighted by atomic mass is 16.3. The van der Waals surface area contributed by atoms with Crippen LogP contribution in [0.3, 0.4) is 0 Å². The minimum Gasteiger partial charge on any atom is -0.455 e. The molecule has 0 unspecified atom stereocenters. The summed E-state index contributed by atoms with van der Waals surface area (Å²) in [6, 6.07) is 64.5. The number of hydrogen-bond acceptors (Lipinski definition) is 2. The second-order valence-electron chi connectivity index (χ2n) is 16.5. The van der Waals surface area contributed by atoms with Crippen LogP contribution in [0, 0.1) is 0 Å². The number of furan rings is 1. The third kappa shape index (κ3) is 4.62. The quantitative estimate of drug-likeness (QED) is 0.176. The van der Waals surface area contributed by atoms with Crippen molar-refractivity contribution in [3.63, 3.8) is 0 Å². The first-order valence-corrected chi connectivity index (χ1v) is 19.7. The Morgan fingerprint density at radius 3 is 1.71 bits per heavy atom. The number of para-hydroxylation sites is 2. The van der Waals surface area contributed by atoms with Crippen LogP contribution in [0.2, 0.25) is 0 Å². The van der Waals surface area contributed by atoms with Crippen molar-refractivity contribution in [2.45, 2.75) is 38.5 Å². The first kappa shape index (κ1) is 32.8. The summed E-state index contributed by atoms with van der Waals surface area (Å²) in [5, 5.41) is 2.27. The number of hydrogen-bond donors (Lipinski definition) is 0. The molecule has 11 rings (SSSR count). The van der Waals surface area contributed by atoms with Crippen LogP contribution >= 0.6 is 0 Å². The lowest BCUT2D eigenvalue weighted by Crippen LogP contribution is -2.16. The number of fused-ring (bicyclic) bond motifs is 9. The van der Waals surface area contributed by atoms with Gasteiger partial charge < -0.3 is 9.32 Å². The van der Waals surface area contributed by atoms with E-state index in [0.717, 1.165) is 44.4 Å². The number of anilines is 3. The summed E-state index contributed by atoms with van der Waals surface area (Å²) in [4.78, 5) is 2.46. The minimum absolute atomic E-state index is 0.0475. The maximum atomic E-state index is 6.54. The summed E-state index contributed by atoms with van der Waals surface area (Å²) in [7, 11) is 0. The number of benzene rings is 8. The van der Waals surface area contributed by atoms with E-state index in [1.807, 2.05) is 6.07 Å². The van der Waals surface area contributed by atoms with Crippen molar-refractivity contribution in [2.75, 3.05) is 4.90 Å². The predicted octanol–water partition coefficient (Wildman–Crippen LogP) is 15.0. The van der Waals surface area contributed by atoms with E-state index in [9.17, 15) is 0 Å². The van der Waals surface area contributed by atoms with E-state index in [1.54, 1.807) is 0 Å². The molecule has 0 bridgehead atoms. The first-order chi connectivity index (χ1) is 27.3. The van der Waals surface area contributed by atoms with Gasteiger partial charge in [-0.1, -0.05) is 167 Å². The molecule has 1 heterocycles. The van der Waals surface area contributed by atoms with Crippen LogP contribution in [-0.4, -0.2) is 0 Å². The minimum atomic E-state index is -0.117. The van der Waals surface area contributed by atoms with Gasteiger partial charge in [-0.3, -0.25) is 0 Å². The Bertz CT molecular complexity index is 3030. The van der Waals surface area contributed by atoms with Gasteiger partial charge in [0.15, 0.2) is 0 Å². The molecule has 2 heteroatoms. The maximum Gasteiger partial charge on any atom is 0.143 e. The highest BCUT2D eigenvalue weighted by Gasteiger charge is 2.38. The molecule has 0 fully saturated rings. The van der Waals surface area contributed by atoms with Gasteiger partial charge in [-0.2, -0.15) is 0 Å². The second kappa shape index (κ2) is 11.9.